The molecule has 1 heterocycles. The molecular weight excluding hydrogens is 675 g/mol. The second-order valence-electron chi connectivity index (χ2n) is 14.9. The molecule has 0 saturated heterocycles. The summed E-state index contributed by atoms with van der Waals surface area (Å²) in [5, 5.41) is 2.55. The largest absolute Gasteiger partial charge is 0.309 e. The van der Waals surface area contributed by atoms with Gasteiger partial charge in [-0.2, -0.15) is 0 Å². The quantitative estimate of drug-likeness (QED) is 0.162. The first-order valence-electron chi connectivity index (χ1n) is 19.5. The van der Waals surface area contributed by atoms with Crippen LogP contribution in [0.25, 0.3) is 83.1 Å². The molecule has 0 unspecified atom stereocenters. The highest BCUT2D eigenvalue weighted by molar-refractivity contribution is 6.09. The average molecular weight is 712 g/mol. The van der Waals surface area contributed by atoms with Gasteiger partial charge in [0.05, 0.1) is 11.0 Å². The molecule has 0 aliphatic heterocycles. The predicted molar refractivity (Wildman–Crippen MR) is 235 cm³/mol. The molecule has 1 aromatic heterocycles. The fraction of sp³-hybridized carbons (Fsp3) is 0.0182. The Balaban J connectivity index is 0.959. The number of hydrogen-bond acceptors (Lipinski definition) is 0. The van der Waals surface area contributed by atoms with Gasteiger partial charge in [0.25, 0.3) is 0 Å². The maximum absolute atomic E-state index is 2.38. The van der Waals surface area contributed by atoms with Crippen LogP contribution in [-0.4, -0.2) is 4.57 Å². The Labute approximate surface area is 327 Å². The Morgan fingerprint density at radius 3 is 1.30 bits per heavy atom. The number of para-hydroxylation sites is 2. The highest BCUT2D eigenvalue weighted by Crippen LogP contribution is 2.48. The second kappa shape index (κ2) is 13.3. The van der Waals surface area contributed by atoms with Gasteiger partial charge >= 0.3 is 0 Å². The van der Waals surface area contributed by atoms with Crippen molar-refractivity contribution < 1.29 is 0 Å². The minimum absolute atomic E-state index is 0.248. The van der Waals surface area contributed by atoms with Gasteiger partial charge < -0.3 is 4.57 Å². The van der Waals surface area contributed by atoms with Gasteiger partial charge in [-0.1, -0.05) is 170 Å². The van der Waals surface area contributed by atoms with Crippen LogP contribution in [0.3, 0.4) is 0 Å². The monoisotopic (exact) mass is 711 g/mol. The molecule has 0 N–H and O–H groups in total. The third kappa shape index (κ3) is 5.40. The molecule has 0 radical (unpaired) electrons. The van der Waals surface area contributed by atoms with E-state index in [0.717, 1.165) is 5.69 Å². The smallest absolute Gasteiger partial charge is 0.0541 e. The molecular formula is C55H37N. The molecule has 1 heteroatoms. The normalized spacial score (nSPS) is 12.2. The number of nitrogens with zero attached hydrogens (tertiary/aromatic N) is 1. The SMILES string of the molecule is c1ccc(-c2cc(-c3ccc(-n4c5ccccc5c5ccccc54)cc3)cc(-c3cccc(-c4ccc(C5c6ccccc6-c6ccccc65)cc4)c3)c2)cc1. The Bertz CT molecular complexity index is 2960. The summed E-state index contributed by atoms with van der Waals surface area (Å²) in [4.78, 5) is 0. The number of rotatable bonds is 6. The van der Waals surface area contributed by atoms with Crippen molar-refractivity contribution in [1.29, 1.82) is 0 Å². The second-order valence-corrected chi connectivity index (χ2v) is 14.9. The van der Waals surface area contributed by atoms with Gasteiger partial charge in [0, 0.05) is 22.4 Å². The zero-order chi connectivity index (χ0) is 37.0. The highest BCUT2D eigenvalue weighted by Gasteiger charge is 2.29. The molecule has 0 fully saturated rings. The van der Waals surface area contributed by atoms with E-state index in [1.54, 1.807) is 0 Å². The van der Waals surface area contributed by atoms with Crippen LogP contribution in [0.1, 0.15) is 22.6 Å². The summed E-state index contributed by atoms with van der Waals surface area (Å²) in [6.07, 6.45) is 0. The van der Waals surface area contributed by atoms with Gasteiger partial charge in [-0.15, -0.1) is 0 Å². The first kappa shape index (κ1) is 32.2. The lowest BCUT2D eigenvalue weighted by Gasteiger charge is -2.15. The van der Waals surface area contributed by atoms with E-state index in [9.17, 15) is 0 Å². The molecule has 0 bridgehead atoms. The van der Waals surface area contributed by atoms with Gasteiger partial charge in [-0.05, 0) is 121 Å². The van der Waals surface area contributed by atoms with E-state index in [1.807, 2.05) is 0 Å². The zero-order valence-corrected chi connectivity index (χ0v) is 30.8. The van der Waals surface area contributed by atoms with Crippen LogP contribution >= 0.6 is 0 Å². The molecule has 0 saturated carbocycles. The van der Waals surface area contributed by atoms with Crippen molar-refractivity contribution in [3.63, 3.8) is 0 Å². The number of aromatic nitrogens is 1. The minimum atomic E-state index is 0.248. The highest BCUT2D eigenvalue weighted by atomic mass is 15.0. The van der Waals surface area contributed by atoms with Crippen molar-refractivity contribution in [2.45, 2.75) is 5.92 Å². The van der Waals surface area contributed by atoms with Crippen molar-refractivity contribution in [3.05, 3.63) is 235 Å². The van der Waals surface area contributed by atoms with Crippen molar-refractivity contribution in [2.24, 2.45) is 0 Å². The Hall–Kier alpha value is -7.22. The molecule has 11 rings (SSSR count). The molecule has 0 atom stereocenters. The van der Waals surface area contributed by atoms with Gasteiger partial charge in [0.15, 0.2) is 0 Å². The van der Waals surface area contributed by atoms with Crippen molar-refractivity contribution in [3.8, 4) is 61.3 Å². The van der Waals surface area contributed by atoms with Crippen LogP contribution < -0.4 is 0 Å². The van der Waals surface area contributed by atoms with Crippen LogP contribution in [-0.2, 0) is 0 Å². The predicted octanol–water partition coefficient (Wildman–Crippen LogP) is 14.6. The summed E-state index contributed by atoms with van der Waals surface area (Å²) in [5.41, 5.74) is 20.0. The third-order valence-corrected chi connectivity index (χ3v) is 11.7. The third-order valence-electron chi connectivity index (χ3n) is 11.7. The fourth-order valence-corrected chi connectivity index (χ4v) is 9.02. The summed E-state index contributed by atoms with van der Waals surface area (Å²) in [6.45, 7) is 0. The lowest BCUT2D eigenvalue weighted by molar-refractivity contribution is 1.02. The molecule has 262 valence electrons. The number of fused-ring (bicyclic) bond motifs is 6. The van der Waals surface area contributed by atoms with Crippen LogP contribution in [0.15, 0.2) is 218 Å². The minimum Gasteiger partial charge on any atom is -0.309 e. The van der Waals surface area contributed by atoms with E-state index in [2.05, 4.69) is 223 Å². The summed E-state index contributed by atoms with van der Waals surface area (Å²) in [6, 6.07) is 80.1. The van der Waals surface area contributed by atoms with E-state index >= 15 is 0 Å². The molecule has 1 aliphatic carbocycles. The average Bonchev–Trinajstić information content (AvgIpc) is 3.80. The molecule has 0 amide bonds. The molecule has 9 aromatic carbocycles. The molecule has 1 aliphatic rings. The summed E-state index contributed by atoms with van der Waals surface area (Å²) >= 11 is 0. The summed E-state index contributed by atoms with van der Waals surface area (Å²) in [5.74, 6) is 0.248. The Morgan fingerprint density at radius 2 is 0.696 bits per heavy atom. The van der Waals surface area contributed by atoms with Gasteiger partial charge in [-0.3, -0.25) is 0 Å². The maximum atomic E-state index is 2.38. The lowest BCUT2D eigenvalue weighted by atomic mass is 9.88. The van der Waals surface area contributed by atoms with Crippen LogP contribution in [0.5, 0.6) is 0 Å². The number of benzene rings is 9. The molecule has 10 aromatic rings. The molecule has 1 nitrogen and oxygen atoms in total. The van der Waals surface area contributed by atoms with Crippen molar-refractivity contribution in [1.82, 2.24) is 4.57 Å². The molecule has 0 spiro atoms. The summed E-state index contributed by atoms with van der Waals surface area (Å²) in [7, 11) is 0. The first-order chi connectivity index (χ1) is 27.8. The van der Waals surface area contributed by atoms with Gasteiger partial charge in [0.1, 0.15) is 0 Å². The van der Waals surface area contributed by atoms with Crippen LogP contribution in [0, 0.1) is 0 Å². The van der Waals surface area contributed by atoms with E-state index in [0.29, 0.717) is 0 Å². The van der Waals surface area contributed by atoms with Crippen molar-refractivity contribution >= 4 is 21.8 Å². The van der Waals surface area contributed by atoms with Gasteiger partial charge in [0.2, 0.25) is 0 Å². The topological polar surface area (TPSA) is 4.93 Å². The Morgan fingerprint density at radius 1 is 0.286 bits per heavy atom. The number of hydrogen-bond donors (Lipinski definition) is 0. The van der Waals surface area contributed by atoms with E-state index < -0.39 is 0 Å². The van der Waals surface area contributed by atoms with Crippen LogP contribution in [0.2, 0.25) is 0 Å². The van der Waals surface area contributed by atoms with E-state index in [4.69, 9.17) is 0 Å². The van der Waals surface area contributed by atoms with Gasteiger partial charge in [-0.25, -0.2) is 0 Å². The van der Waals surface area contributed by atoms with E-state index in [1.165, 1.54) is 94.1 Å². The van der Waals surface area contributed by atoms with E-state index in [-0.39, 0.29) is 5.92 Å². The lowest BCUT2D eigenvalue weighted by Crippen LogP contribution is -1.98. The maximum Gasteiger partial charge on any atom is 0.0541 e. The van der Waals surface area contributed by atoms with Crippen LogP contribution in [0.4, 0.5) is 0 Å². The fourth-order valence-electron chi connectivity index (χ4n) is 9.02. The molecule has 56 heavy (non-hydrogen) atoms. The Kier molecular flexibility index (Phi) is 7.64. The summed E-state index contributed by atoms with van der Waals surface area (Å²) < 4.78 is 2.38. The zero-order valence-electron chi connectivity index (χ0n) is 30.8. The standard InChI is InChI=1S/C55H37N/c1-2-13-37(14-3-1)43-34-44(39-29-31-46(32-30-39)56-53-23-10-8-19-49(53)50-20-9-11-24-54(50)56)36-45(35-43)42-16-12-15-41(33-42)38-25-27-40(28-26-38)55-51-21-6-4-17-47(51)48-18-5-7-22-52(48)55/h1-36,55H. The van der Waals surface area contributed by atoms with Crippen molar-refractivity contribution in [2.75, 3.05) is 0 Å². The first-order valence-corrected chi connectivity index (χ1v) is 19.5.